The first-order valence-electron chi connectivity index (χ1n) is 7.68. The van der Waals surface area contributed by atoms with Crippen molar-refractivity contribution in [1.29, 1.82) is 0 Å². The molecule has 0 aliphatic rings. The number of aromatic nitrogens is 1. The summed E-state index contributed by atoms with van der Waals surface area (Å²) in [5.74, 6) is 0.907. The number of aryl methyl sites for hydroxylation is 1. The molecule has 0 fully saturated rings. The van der Waals surface area contributed by atoms with Crippen LogP contribution in [0.3, 0.4) is 0 Å². The SMILES string of the molecule is CCN(CC)c1ccc(NC(=O)Cc2cccc(C)c2)cn1. The van der Waals surface area contributed by atoms with Gasteiger partial charge in [0.05, 0.1) is 18.3 Å². The van der Waals surface area contributed by atoms with Crippen LogP contribution < -0.4 is 10.2 Å². The van der Waals surface area contributed by atoms with Gasteiger partial charge in [0.2, 0.25) is 5.91 Å². The first-order valence-corrected chi connectivity index (χ1v) is 7.68. The monoisotopic (exact) mass is 297 g/mol. The number of benzene rings is 1. The highest BCUT2D eigenvalue weighted by Gasteiger charge is 2.06. The predicted molar refractivity (Wildman–Crippen MR) is 91.3 cm³/mol. The molecule has 4 nitrogen and oxygen atoms in total. The van der Waals surface area contributed by atoms with Gasteiger partial charge < -0.3 is 10.2 Å². The molecule has 0 atom stereocenters. The van der Waals surface area contributed by atoms with Gasteiger partial charge in [0.25, 0.3) is 0 Å². The van der Waals surface area contributed by atoms with Gasteiger partial charge in [0.15, 0.2) is 0 Å². The van der Waals surface area contributed by atoms with Gasteiger partial charge in [0.1, 0.15) is 5.82 Å². The zero-order valence-electron chi connectivity index (χ0n) is 13.5. The molecule has 1 amide bonds. The van der Waals surface area contributed by atoms with Crippen LogP contribution in [0, 0.1) is 6.92 Å². The Hall–Kier alpha value is -2.36. The van der Waals surface area contributed by atoms with E-state index < -0.39 is 0 Å². The first kappa shape index (κ1) is 16.0. The second-order valence-corrected chi connectivity index (χ2v) is 5.29. The van der Waals surface area contributed by atoms with Crippen LogP contribution in [-0.4, -0.2) is 24.0 Å². The normalized spacial score (nSPS) is 10.3. The quantitative estimate of drug-likeness (QED) is 0.888. The maximum absolute atomic E-state index is 12.1. The molecule has 0 radical (unpaired) electrons. The molecule has 1 heterocycles. The minimum Gasteiger partial charge on any atom is -0.357 e. The molecule has 0 unspecified atom stereocenters. The summed E-state index contributed by atoms with van der Waals surface area (Å²) >= 11 is 0. The number of rotatable bonds is 6. The van der Waals surface area contributed by atoms with Crippen LogP contribution >= 0.6 is 0 Å². The fraction of sp³-hybridized carbons (Fsp3) is 0.333. The molecule has 116 valence electrons. The van der Waals surface area contributed by atoms with E-state index in [4.69, 9.17) is 0 Å². The molecule has 0 aliphatic heterocycles. The molecule has 0 saturated carbocycles. The Labute approximate surface area is 132 Å². The molecule has 1 aromatic heterocycles. The summed E-state index contributed by atoms with van der Waals surface area (Å²) in [6, 6.07) is 11.8. The van der Waals surface area contributed by atoms with E-state index in [1.807, 2.05) is 43.3 Å². The maximum atomic E-state index is 12.1. The van der Waals surface area contributed by atoms with Crippen LogP contribution in [0.2, 0.25) is 0 Å². The Bertz CT molecular complexity index is 618. The topological polar surface area (TPSA) is 45.2 Å². The number of hydrogen-bond acceptors (Lipinski definition) is 3. The van der Waals surface area contributed by atoms with E-state index in [1.54, 1.807) is 6.20 Å². The van der Waals surface area contributed by atoms with Gasteiger partial charge in [0, 0.05) is 13.1 Å². The lowest BCUT2D eigenvalue weighted by molar-refractivity contribution is -0.115. The second kappa shape index (κ2) is 7.59. The first-order chi connectivity index (χ1) is 10.6. The second-order valence-electron chi connectivity index (χ2n) is 5.29. The summed E-state index contributed by atoms with van der Waals surface area (Å²) in [4.78, 5) is 18.6. The molecule has 1 aromatic carbocycles. The van der Waals surface area contributed by atoms with Crippen LogP contribution in [0.25, 0.3) is 0 Å². The molecule has 0 saturated heterocycles. The van der Waals surface area contributed by atoms with Crippen LogP contribution in [0.4, 0.5) is 11.5 Å². The van der Waals surface area contributed by atoms with Crippen LogP contribution in [-0.2, 0) is 11.2 Å². The molecule has 0 spiro atoms. The molecule has 1 N–H and O–H groups in total. The third-order valence-electron chi connectivity index (χ3n) is 3.57. The Morgan fingerprint density at radius 3 is 2.55 bits per heavy atom. The van der Waals surface area contributed by atoms with E-state index in [-0.39, 0.29) is 5.91 Å². The van der Waals surface area contributed by atoms with Gasteiger partial charge in [-0.25, -0.2) is 4.98 Å². The minimum absolute atomic E-state index is 0.0250. The third kappa shape index (κ3) is 4.32. The summed E-state index contributed by atoms with van der Waals surface area (Å²) in [6.07, 6.45) is 2.08. The molecular formula is C18H23N3O. The lowest BCUT2D eigenvalue weighted by Crippen LogP contribution is -2.23. The van der Waals surface area contributed by atoms with Crippen molar-refractivity contribution in [3.63, 3.8) is 0 Å². The van der Waals surface area contributed by atoms with Crippen molar-refractivity contribution in [2.45, 2.75) is 27.2 Å². The molecule has 4 heteroatoms. The van der Waals surface area contributed by atoms with E-state index in [0.717, 1.165) is 35.7 Å². The highest BCUT2D eigenvalue weighted by atomic mass is 16.1. The Morgan fingerprint density at radius 2 is 1.95 bits per heavy atom. The number of carbonyl (C=O) groups excluding carboxylic acids is 1. The summed E-state index contributed by atoms with van der Waals surface area (Å²) in [7, 11) is 0. The average Bonchev–Trinajstić information content (AvgIpc) is 2.50. The molecule has 2 rings (SSSR count). The van der Waals surface area contributed by atoms with Crippen molar-refractivity contribution in [2.75, 3.05) is 23.3 Å². The number of pyridine rings is 1. The summed E-state index contributed by atoms with van der Waals surface area (Å²) < 4.78 is 0. The maximum Gasteiger partial charge on any atom is 0.228 e. The molecule has 22 heavy (non-hydrogen) atoms. The zero-order chi connectivity index (χ0) is 15.9. The van der Waals surface area contributed by atoms with E-state index in [1.165, 1.54) is 0 Å². The zero-order valence-corrected chi connectivity index (χ0v) is 13.5. The van der Waals surface area contributed by atoms with Crippen molar-refractivity contribution in [2.24, 2.45) is 0 Å². The fourth-order valence-corrected chi connectivity index (χ4v) is 2.41. The van der Waals surface area contributed by atoms with Gasteiger partial charge in [-0.3, -0.25) is 4.79 Å². The number of anilines is 2. The van der Waals surface area contributed by atoms with E-state index >= 15 is 0 Å². The largest absolute Gasteiger partial charge is 0.357 e. The molecular weight excluding hydrogens is 274 g/mol. The van der Waals surface area contributed by atoms with Crippen molar-refractivity contribution in [3.8, 4) is 0 Å². The smallest absolute Gasteiger partial charge is 0.228 e. The van der Waals surface area contributed by atoms with Crippen molar-refractivity contribution in [1.82, 2.24) is 4.98 Å². The van der Waals surface area contributed by atoms with E-state index in [0.29, 0.717) is 6.42 Å². The molecule has 2 aromatic rings. The summed E-state index contributed by atoms with van der Waals surface area (Å²) in [6.45, 7) is 8.06. The van der Waals surface area contributed by atoms with Gasteiger partial charge in [-0.05, 0) is 38.5 Å². The highest BCUT2D eigenvalue weighted by molar-refractivity contribution is 5.92. The number of amides is 1. The third-order valence-corrected chi connectivity index (χ3v) is 3.57. The highest BCUT2D eigenvalue weighted by Crippen LogP contribution is 2.14. The van der Waals surface area contributed by atoms with Crippen LogP contribution in [0.5, 0.6) is 0 Å². The average molecular weight is 297 g/mol. The number of nitrogens with zero attached hydrogens (tertiary/aromatic N) is 2. The van der Waals surface area contributed by atoms with E-state index in [9.17, 15) is 4.79 Å². The molecule has 0 bridgehead atoms. The van der Waals surface area contributed by atoms with Crippen LogP contribution in [0.1, 0.15) is 25.0 Å². The molecule has 0 aliphatic carbocycles. The predicted octanol–water partition coefficient (Wildman–Crippen LogP) is 3.42. The fourth-order valence-electron chi connectivity index (χ4n) is 2.41. The number of carbonyl (C=O) groups is 1. The van der Waals surface area contributed by atoms with E-state index in [2.05, 4.69) is 29.0 Å². The van der Waals surface area contributed by atoms with Gasteiger partial charge in [-0.15, -0.1) is 0 Å². The van der Waals surface area contributed by atoms with Gasteiger partial charge in [-0.1, -0.05) is 29.8 Å². The minimum atomic E-state index is -0.0250. The summed E-state index contributed by atoms with van der Waals surface area (Å²) in [5, 5.41) is 2.89. The lowest BCUT2D eigenvalue weighted by atomic mass is 10.1. The number of nitrogens with one attached hydrogen (secondary N) is 1. The number of hydrogen-bond donors (Lipinski definition) is 1. The van der Waals surface area contributed by atoms with Crippen molar-refractivity contribution in [3.05, 3.63) is 53.7 Å². The summed E-state index contributed by atoms with van der Waals surface area (Å²) in [5.41, 5.74) is 2.91. The standard InChI is InChI=1S/C18H23N3O/c1-4-21(5-2)17-10-9-16(13-19-17)20-18(22)12-15-8-6-7-14(3)11-15/h6-11,13H,4-5,12H2,1-3H3,(H,20,22). The Morgan fingerprint density at radius 1 is 1.18 bits per heavy atom. The van der Waals surface area contributed by atoms with Gasteiger partial charge >= 0.3 is 0 Å². The van der Waals surface area contributed by atoms with Gasteiger partial charge in [-0.2, -0.15) is 0 Å². The lowest BCUT2D eigenvalue weighted by Gasteiger charge is -2.19. The van der Waals surface area contributed by atoms with Crippen LogP contribution in [0.15, 0.2) is 42.6 Å². The Kier molecular flexibility index (Phi) is 5.53. The Balaban J connectivity index is 1.97. The van der Waals surface area contributed by atoms with Crippen molar-refractivity contribution >= 4 is 17.4 Å². The van der Waals surface area contributed by atoms with Crippen molar-refractivity contribution < 1.29 is 4.79 Å².